The molecular weight excluding hydrogens is 178 g/mol. The van der Waals surface area contributed by atoms with E-state index in [0.717, 1.165) is 6.42 Å². The summed E-state index contributed by atoms with van der Waals surface area (Å²) >= 11 is 0. The molecule has 1 aliphatic heterocycles. The van der Waals surface area contributed by atoms with E-state index in [2.05, 4.69) is 18.7 Å². The van der Waals surface area contributed by atoms with Crippen molar-refractivity contribution in [2.75, 3.05) is 6.54 Å². The Morgan fingerprint density at radius 2 is 2.21 bits per heavy atom. The summed E-state index contributed by atoms with van der Waals surface area (Å²) in [4.78, 5) is 13.1. The highest BCUT2D eigenvalue weighted by molar-refractivity contribution is 5.69. The molecule has 1 saturated heterocycles. The third-order valence-corrected chi connectivity index (χ3v) is 3.33. The molecule has 1 N–H and O–H groups in total. The minimum Gasteiger partial charge on any atom is -0.481 e. The van der Waals surface area contributed by atoms with Gasteiger partial charge >= 0.3 is 5.97 Å². The molecule has 1 aliphatic rings. The molecule has 3 heteroatoms. The number of likely N-dealkylation sites (tertiary alicyclic amines) is 1. The predicted molar refractivity (Wildman–Crippen MR) is 56.3 cm³/mol. The van der Waals surface area contributed by atoms with Gasteiger partial charge in [-0.2, -0.15) is 0 Å². The third kappa shape index (κ3) is 2.47. The van der Waals surface area contributed by atoms with Crippen LogP contribution in [-0.2, 0) is 4.79 Å². The van der Waals surface area contributed by atoms with E-state index in [1.54, 1.807) is 6.92 Å². The van der Waals surface area contributed by atoms with Gasteiger partial charge in [-0.15, -0.1) is 0 Å². The minimum absolute atomic E-state index is 0.246. The van der Waals surface area contributed by atoms with Crippen molar-refractivity contribution < 1.29 is 9.90 Å². The van der Waals surface area contributed by atoms with Crippen LogP contribution in [0.25, 0.3) is 0 Å². The average Bonchev–Trinajstić information content (AvgIpc) is 2.47. The second kappa shape index (κ2) is 4.78. The molecule has 3 atom stereocenters. The maximum Gasteiger partial charge on any atom is 0.307 e. The number of carboxylic acid groups (broad SMARTS) is 1. The van der Waals surface area contributed by atoms with Gasteiger partial charge in [0, 0.05) is 18.6 Å². The summed E-state index contributed by atoms with van der Waals surface area (Å²) in [5.41, 5.74) is 0. The van der Waals surface area contributed by atoms with Crippen molar-refractivity contribution in [3.8, 4) is 0 Å². The van der Waals surface area contributed by atoms with Crippen LogP contribution in [0.3, 0.4) is 0 Å². The second-order valence-corrected chi connectivity index (χ2v) is 4.42. The van der Waals surface area contributed by atoms with Crippen molar-refractivity contribution in [3.05, 3.63) is 0 Å². The number of rotatable bonds is 4. The lowest BCUT2D eigenvalue weighted by atomic mass is 10.1. The highest BCUT2D eigenvalue weighted by Gasteiger charge is 2.31. The van der Waals surface area contributed by atoms with Gasteiger partial charge in [0.2, 0.25) is 0 Å². The lowest BCUT2D eigenvalue weighted by Gasteiger charge is -2.29. The van der Waals surface area contributed by atoms with E-state index in [1.165, 1.54) is 12.8 Å². The Morgan fingerprint density at radius 3 is 2.71 bits per heavy atom. The first-order valence-corrected chi connectivity index (χ1v) is 5.54. The highest BCUT2D eigenvalue weighted by atomic mass is 16.4. The van der Waals surface area contributed by atoms with E-state index < -0.39 is 5.97 Å². The van der Waals surface area contributed by atoms with Gasteiger partial charge in [0.05, 0.1) is 5.92 Å². The number of carbonyl (C=O) groups is 1. The fraction of sp³-hybridized carbons (Fsp3) is 0.909. The molecule has 0 aromatic carbocycles. The van der Waals surface area contributed by atoms with Crippen LogP contribution < -0.4 is 0 Å². The maximum absolute atomic E-state index is 10.8. The zero-order valence-corrected chi connectivity index (χ0v) is 9.36. The molecule has 1 rings (SSSR count). The summed E-state index contributed by atoms with van der Waals surface area (Å²) in [7, 11) is 0. The van der Waals surface area contributed by atoms with E-state index in [1.807, 2.05) is 0 Å². The van der Waals surface area contributed by atoms with Crippen molar-refractivity contribution in [2.45, 2.75) is 52.1 Å². The van der Waals surface area contributed by atoms with Crippen LogP contribution in [0.2, 0.25) is 0 Å². The second-order valence-electron chi connectivity index (χ2n) is 4.42. The Labute approximate surface area is 86.1 Å². The van der Waals surface area contributed by atoms with Gasteiger partial charge in [0.25, 0.3) is 0 Å². The molecule has 3 nitrogen and oxygen atoms in total. The van der Waals surface area contributed by atoms with Crippen LogP contribution in [0, 0.1) is 5.92 Å². The largest absolute Gasteiger partial charge is 0.481 e. The Morgan fingerprint density at radius 1 is 1.57 bits per heavy atom. The molecule has 0 aromatic rings. The van der Waals surface area contributed by atoms with E-state index in [9.17, 15) is 4.79 Å². The van der Waals surface area contributed by atoms with Crippen LogP contribution in [0.4, 0.5) is 0 Å². The molecule has 82 valence electrons. The van der Waals surface area contributed by atoms with Crippen molar-refractivity contribution in [1.29, 1.82) is 0 Å². The first kappa shape index (κ1) is 11.5. The SMILES string of the molecule is CCC1CCC(C)N1CC(C)C(=O)O. The summed E-state index contributed by atoms with van der Waals surface area (Å²) in [5.74, 6) is -0.927. The lowest BCUT2D eigenvalue weighted by molar-refractivity contribution is -0.142. The molecule has 1 heterocycles. The Kier molecular flexibility index (Phi) is 3.93. The van der Waals surface area contributed by atoms with Crippen LogP contribution >= 0.6 is 0 Å². The van der Waals surface area contributed by atoms with Crippen molar-refractivity contribution in [1.82, 2.24) is 4.90 Å². The maximum atomic E-state index is 10.8. The Bertz CT molecular complexity index is 205. The summed E-state index contributed by atoms with van der Waals surface area (Å²) in [6.07, 6.45) is 3.57. The van der Waals surface area contributed by atoms with Gasteiger partial charge in [0.1, 0.15) is 0 Å². The Balaban J connectivity index is 2.52. The number of carboxylic acids is 1. The average molecular weight is 199 g/mol. The molecule has 3 unspecified atom stereocenters. The molecule has 0 aliphatic carbocycles. The van der Waals surface area contributed by atoms with Crippen LogP contribution in [0.15, 0.2) is 0 Å². The summed E-state index contributed by atoms with van der Waals surface area (Å²) in [6, 6.07) is 1.16. The molecule has 14 heavy (non-hydrogen) atoms. The normalized spacial score (nSPS) is 30.5. The molecule has 0 aromatic heterocycles. The third-order valence-electron chi connectivity index (χ3n) is 3.33. The van der Waals surface area contributed by atoms with Gasteiger partial charge in [-0.1, -0.05) is 13.8 Å². The summed E-state index contributed by atoms with van der Waals surface area (Å²) < 4.78 is 0. The number of hydrogen-bond donors (Lipinski definition) is 1. The standard InChI is InChI=1S/C11H21NO2/c1-4-10-6-5-9(3)12(10)7-8(2)11(13)14/h8-10H,4-7H2,1-3H3,(H,13,14). The number of nitrogens with zero attached hydrogens (tertiary/aromatic N) is 1. The lowest BCUT2D eigenvalue weighted by Crippen LogP contribution is -2.39. The molecule has 1 fully saturated rings. The zero-order valence-electron chi connectivity index (χ0n) is 9.36. The Hall–Kier alpha value is -0.570. The number of aliphatic carboxylic acids is 1. The summed E-state index contributed by atoms with van der Waals surface area (Å²) in [5, 5.41) is 8.86. The van der Waals surface area contributed by atoms with Gasteiger partial charge in [-0.25, -0.2) is 0 Å². The predicted octanol–water partition coefficient (Wildman–Crippen LogP) is 1.97. The van der Waals surface area contributed by atoms with Crippen LogP contribution in [-0.4, -0.2) is 34.6 Å². The minimum atomic E-state index is -0.682. The molecular formula is C11H21NO2. The monoisotopic (exact) mass is 199 g/mol. The van der Waals surface area contributed by atoms with E-state index >= 15 is 0 Å². The quantitative estimate of drug-likeness (QED) is 0.752. The van der Waals surface area contributed by atoms with Crippen LogP contribution in [0.1, 0.15) is 40.0 Å². The van der Waals surface area contributed by atoms with E-state index in [-0.39, 0.29) is 5.92 Å². The van der Waals surface area contributed by atoms with E-state index in [4.69, 9.17) is 5.11 Å². The fourth-order valence-electron chi connectivity index (χ4n) is 2.29. The molecule has 0 saturated carbocycles. The smallest absolute Gasteiger partial charge is 0.307 e. The van der Waals surface area contributed by atoms with Crippen molar-refractivity contribution >= 4 is 5.97 Å². The zero-order chi connectivity index (χ0) is 10.7. The molecule has 0 spiro atoms. The van der Waals surface area contributed by atoms with Gasteiger partial charge in [-0.3, -0.25) is 9.69 Å². The topological polar surface area (TPSA) is 40.5 Å². The molecule has 0 radical (unpaired) electrons. The van der Waals surface area contributed by atoms with Crippen molar-refractivity contribution in [2.24, 2.45) is 5.92 Å². The van der Waals surface area contributed by atoms with Crippen molar-refractivity contribution in [3.63, 3.8) is 0 Å². The van der Waals surface area contributed by atoms with Crippen LogP contribution in [0.5, 0.6) is 0 Å². The van der Waals surface area contributed by atoms with Gasteiger partial charge in [-0.05, 0) is 26.2 Å². The first-order chi connectivity index (χ1) is 6.56. The number of hydrogen-bond acceptors (Lipinski definition) is 2. The molecule has 0 bridgehead atoms. The molecule has 0 amide bonds. The van der Waals surface area contributed by atoms with Gasteiger partial charge in [0.15, 0.2) is 0 Å². The summed E-state index contributed by atoms with van der Waals surface area (Å²) in [6.45, 7) is 6.88. The van der Waals surface area contributed by atoms with Gasteiger partial charge < -0.3 is 5.11 Å². The fourth-order valence-corrected chi connectivity index (χ4v) is 2.29. The highest BCUT2D eigenvalue weighted by Crippen LogP contribution is 2.26. The first-order valence-electron chi connectivity index (χ1n) is 5.54. The van der Waals surface area contributed by atoms with E-state index in [0.29, 0.717) is 18.6 Å².